The minimum absolute atomic E-state index is 0.239. The van der Waals surface area contributed by atoms with Gasteiger partial charge in [-0.3, -0.25) is 19.4 Å². The van der Waals surface area contributed by atoms with Gasteiger partial charge in [0.15, 0.2) is 0 Å². The van der Waals surface area contributed by atoms with Crippen molar-refractivity contribution in [1.29, 1.82) is 0 Å². The van der Waals surface area contributed by atoms with E-state index in [0.717, 1.165) is 27.5 Å². The Bertz CT molecular complexity index is 991. The van der Waals surface area contributed by atoms with E-state index in [0.29, 0.717) is 17.5 Å². The molecule has 0 aliphatic carbocycles. The summed E-state index contributed by atoms with van der Waals surface area (Å²) in [6, 6.07) is 14.2. The number of fused-ring (bicyclic) bond motifs is 1. The van der Waals surface area contributed by atoms with Gasteiger partial charge in [0.25, 0.3) is 5.91 Å². The van der Waals surface area contributed by atoms with Gasteiger partial charge in [0, 0.05) is 22.4 Å². The van der Waals surface area contributed by atoms with Crippen LogP contribution in [0.5, 0.6) is 0 Å². The predicted octanol–water partition coefficient (Wildman–Crippen LogP) is 4.07. The molecule has 0 aromatic heterocycles. The number of rotatable bonds is 3. The average Bonchev–Trinajstić information content (AvgIpc) is 2.85. The topological polar surface area (TPSA) is 60.9 Å². The average molecular weight is 424 g/mol. The van der Waals surface area contributed by atoms with Crippen molar-refractivity contribution in [3.05, 3.63) is 54.1 Å². The first-order chi connectivity index (χ1) is 14.4. The van der Waals surface area contributed by atoms with Crippen LogP contribution in [0.2, 0.25) is 0 Å². The second kappa shape index (κ2) is 8.14. The second-order valence-corrected chi connectivity index (χ2v) is 9.30. The number of imide groups is 1. The van der Waals surface area contributed by atoms with Gasteiger partial charge < -0.3 is 4.90 Å². The Labute approximate surface area is 180 Å². The third-order valence-corrected chi connectivity index (χ3v) is 6.83. The summed E-state index contributed by atoms with van der Waals surface area (Å²) in [4.78, 5) is 44.4. The molecule has 6 nitrogen and oxygen atoms in total. The fraction of sp³-hybridized carbons (Fsp3) is 0.348. The van der Waals surface area contributed by atoms with E-state index < -0.39 is 12.1 Å². The Hall–Kier alpha value is -2.80. The van der Waals surface area contributed by atoms with E-state index >= 15 is 0 Å². The largest absolute Gasteiger partial charge is 0.332 e. The van der Waals surface area contributed by atoms with Crippen LogP contribution in [-0.2, 0) is 9.59 Å². The summed E-state index contributed by atoms with van der Waals surface area (Å²) in [5.41, 5.74) is 2.58. The van der Waals surface area contributed by atoms with Crippen molar-refractivity contribution in [2.45, 2.75) is 43.4 Å². The summed E-state index contributed by atoms with van der Waals surface area (Å²) >= 11 is 1.75. The third kappa shape index (κ3) is 3.69. The van der Waals surface area contributed by atoms with Crippen molar-refractivity contribution in [1.82, 2.24) is 4.90 Å². The Kier molecular flexibility index (Phi) is 5.56. The molecule has 2 aromatic carbocycles. The molecule has 0 bridgehead atoms. The molecule has 7 heteroatoms. The molecular weight excluding hydrogens is 398 g/mol. The van der Waals surface area contributed by atoms with Crippen LogP contribution in [0.1, 0.15) is 25.8 Å². The highest BCUT2D eigenvalue weighted by Crippen LogP contribution is 2.37. The minimum Gasteiger partial charge on any atom is -0.310 e. The van der Waals surface area contributed by atoms with E-state index in [2.05, 4.69) is 6.92 Å². The third-order valence-electron chi connectivity index (χ3n) is 5.60. The summed E-state index contributed by atoms with van der Waals surface area (Å²) in [5, 5.41) is 0.385. The maximum absolute atomic E-state index is 13.2. The Morgan fingerprint density at radius 1 is 1.07 bits per heavy atom. The molecule has 1 fully saturated rings. The van der Waals surface area contributed by atoms with Gasteiger partial charge in [0.05, 0.1) is 5.69 Å². The molecular formula is C23H25N3O3S. The van der Waals surface area contributed by atoms with Gasteiger partial charge in [-0.05, 0) is 44.5 Å². The SMILES string of the molecule is Cc1ccc(N2C(=O)N(CC(=O)N3CC[C@@H](C)Sc4ccccc43)C(=O)[C@H]2C)cc1. The zero-order chi connectivity index (χ0) is 21.4. The fourth-order valence-corrected chi connectivity index (χ4v) is 4.99. The van der Waals surface area contributed by atoms with Gasteiger partial charge in [0.1, 0.15) is 12.6 Å². The second-order valence-electron chi connectivity index (χ2n) is 7.82. The molecule has 0 saturated carbocycles. The number of aryl methyl sites for hydroxylation is 1. The van der Waals surface area contributed by atoms with Crippen LogP contribution in [0.25, 0.3) is 0 Å². The van der Waals surface area contributed by atoms with Gasteiger partial charge in [0.2, 0.25) is 5.91 Å². The zero-order valence-electron chi connectivity index (χ0n) is 17.4. The van der Waals surface area contributed by atoms with Crippen LogP contribution in [0, 0.1) is 6.92 Å². The molecule has 2 aliphatic heterocycles. The highest BCUT2D eigenvalue weighted by atomic mass is 32.2. The summed E-state index contributed by atoms with van der Waals surface area (Å²) in [6.45, 7) is 6.12. The normalized spacial score (nSPS) is 21.6. The Morgan fingerprint density at radius 2 is 1.77 bits per heavy atom. The van der Waals surface area contributed by atoms with E-state index in [1.807, 2.05) is 55.5 Å². The number of carbonyl (C=O) groups is 3. The van der Waals surface area contributed by atoms with Crippen LogP contribution in [-0.4, -0.2) is 47.1 Å². The quantitative estimate of drug-likeness (QED) is 0.699. The molecule has 156 valence electrons. The number of carbonyl (C=O) groups excluding carboxylic acids is 3. The van der Waals surface area contributed by atoms with E-state index in [9.17, 15) is 14.4 Å². The number of thioether (sulfide) groups is 1. The summed E-state index contributed by atoms with van der Waals surface area (Å²) in [5.74, 6) is -0.586. The number of amides is 4. The fourth-order valence-electron chi connectivity index (χ4n) is 3.88. The lowest BCUT2D eigenvalue weighted by atomic mass is 10.2. The van der Waals surface area contributed by atoms with Crippen LogP contribution in [0.4, 0.5) is 16.2 Å². The molecule has 0 spiro atoms. The maximum Gasteiger partial charge on any atom is 0.332 e. The number of anilines is 2. The van der Waals surface area contributed by atoms with Crippen molar-refractivity contribution in [3.8, 4) is 0 Å². The monoisotopic (exact) mass is 423 g/mol. The smallest absolute Gasteiger partial charge is 0.310 e. The number of benzene rings is 2. The van der Waals surface area contributed by atoms with Gasteiger partial charge >= 0.3 is 6.03 Å². The van der Waals surface area contributed by atoms with Crippen LogP contribution < -0.4 is 9.80 Å². The van der Waals surface area contributed by atoms with Gasteiger partial charge in [-0.1, -0.05) is 36.8 Å². The van der Waals surface area contributed by atoms with Crippen molar-refractivity contribution in [2.24, 2.45) is 0 Å². The first-order valence-corrected chi connectivity index (χ1v) is 11.0. The van der Waals surface area contributed by atoms with E-state index in [1.165, 1.54) is 4.90 Å². The molecule has 30 heavy (non-hydrogen) atoms. The molecule has 4 rings (SSSR count). The number of hydrogen-bond acceptors (Lipinski definition) is 4. The summed E-state index contributed by atoms with van der Waals surface area (Å²) < 4.78 is 0. The zero-order valence-corrected chi connectivity index (χ0v) is 18.2. The Morgan fingerprint density at radius 3 is 2.50 bits per heavy atom. The van der Waals surface area contributed by atoms with Crippen molar-refractivity contribution >= 4 is 41.0 Å². The van der Waals surface area contributed by atoms with Crippen molar-refractivity contribution < 1.29 is 14.4 Å². The minimum atomic E-state index is -0.639. The molecule has 0 radical (unpaired) electrons. The molecule has 2 aromatic rings. The highest BCUT2D eigenvalue weighted by molar-refractivity contribution is 8.00. The Balaban J connectivity index is 1.57. The lowest BCUT2D eigenvalue weighted by Crippen LogP contribution is -2.44. The molecule has 2 aliphatic rings. The number of para-hydroxylation sites is 1. The van der Waals surface area contributed by atoms with Crippen molar-refractivity contribution in [2.75, 3.05) is 22.9 Å². The van der Waals surface area contributed by atoms with Gasteiger partial charge in [-0.2, -0.15) is 0 Å². The number of urea groups is 1. The lowest BCUT2D eigenvalue weighted by molar-refractivity contribution is -0.131. The van der Waals surface area contributed by atoms with E-state index in [4.69, 9.17) is 0 Å². The van der Waals surface area contributed by atoms with Gasteiger partial charge in [-0.15, -0.1) is 11.8 Å². The lowest BCUT2D eigenvalue weighted by Gasteiger charge is -2.25. The summed E-state index contributed by atoms with van der Waals surface area (Å²) in [6.07, 6.45) is 0.846. The molecule has 2 heterocycles. The predicted molar refractivity (Wildman–Crippen MR) is 119 cm³/mol. The summed E-state index contributed by atoms with van der Waals surface area (Å²) in [7, 11) is 0. The standard InChI is InChI=1S/C23H25N3O3S/c1-15-8-10-18(11-9-15)26-17(3)22(28)25(23(26)29)14-21(27)24-13-12-16(2)30-20-7-5-4-6-19(20)24/h4-11,16-17H,12-14H2,1-3H3/t16-,17-/m1/s1. The van der Waals surface area contributed by atoms with E-state index in [-0.39, 0.29) is 18.4 Å². The number of nitrogens with zero attached hydrogens (tertiary/aromatic N) is 3. The molecule has 0 unspecified atom stereocenters. The van der Waals surface area contributed by atoms with Crippen LogP contribution in [0.3, 0.4) is 0 Å². The van der Waals surface area contributed by atoms with Crippen LogP contribution in [0.15, 0.2) is 53.4 Å². The highest BCUT2D eigenvalue weighted by Gasteiger charge is 2.44. The van der Waals surface area contributed by atoms with Crippen LogP contribution >= 0.6 is 11.8 Å². The van der Waals surface area contributed by atoms with Gasteiger partial charge in [-0.25, -0.2) is 4.79 Å². The first kappa shape index (κ1) is 20.5. The number of hydrogen-bond donors (Lipinski definition) is 0. The molecule has 0 N–H and O–H groups in total. The maximum atomic E-state index is 13.2. The molecule has 2 atom stereocenters. The molecule has 1 saturated heterocycles. The van der Waals surface area contributed by atoms with Crippen molar-refractivity contribution in [3.63, 3.8) is 0 Å². The molecule has 4 amide bonds. The first-order valence-electron chi connectivity index (χ1n) is 10.1. The van der Waals surface area contributed by atoms with E-state index in [1.54, 1.807) is 23.6 Å².